The summed E-state index contributed by atoms with van der Waals surface area (Å²) < 4.78 is 0. The minimum atomic E-state index is 0.468. The number of hydrogen-bond acceptors (Lipinski definition) is 1. The fourth-order valence-corrected chi connectivity index (χ4v) is 1.85. The zero-order chi connectivity index (χ0) is 12.3. The second-order valence-corrected chi connectivity index (χ2v) is 4.42. The Morgan fingerprint density at radius 2 is 1.71 bits per heavy atom. The van der Waals surface area contributed by atoms with Gasteiger partial charge in [0.25, 0.3) is 0 Å². The van der Waals surface area contributed by atoms with Crippen LogP contribution in [0.4, 0.5) is 5.69 Å². The predicted octanol–water partition coefficient (Wildman–Crippen LogP) is 4.97. The Morgan fingerprint density at radius 3 is 2.41 bits per heavy atom. The van der Waals surface area contributed by atoms with Crippen molar-refractivity contribution in [2.75, 3.05) is 0 Å². The van der Waals surface area contributed by atoms with Crippen LogP contribution in [0.5, 0.6) is 0 Å². The average molecular weight is 264 g/mol. The highest BCUT2D eigenvalue weighted by molar-refractivity contribution is 6.69. The fourth-order valence-electron chi connectivity index (χ4n) is 1.46. The van der Waals surface area contributed by atoms with Crippen molar-refractivity contribution in [1.82, 2.24) is 0 Å². The van der Waals surface area contributed by atoms with E-state index < -0.39 is 0 Å². The van der Waals surface area contributed by atoms with Gasteiger partial charge in [-0.15, -0.1) is 0 Å². The first kappa shape index (κ1) is 12.2. The minimum absolute atomic E-state index is 0.468. The molecule has 17 heavy (non-hydrogen) atoms. The highest BCUT2D eigenvalue weighted by Gasteiger charge is 2.03. The summed E-state index contributed by atoms with van der Waals surface area (Å²) in [7, 11) is 0. The Kier molecular flexibility index (Phi) is 3.82. The molecule has 0 aliphatic rings. The molecule has 0 aliphatic carbocycles. The maximum Gasteiger partial charge on any atom is 0.136 e. The molecule has 0 bridgehead atoms. The Balaban J connectivity index is 2.40. The van der Waals surface area contributed by atoms with Gasteiger partial charge < -0.3 is 0 Å². The minimum Gasteiger partial charge on any atom is -0.236 e. The Hall–Kier alpha value is -1.31. The second-order valence-electron chi connectivity index (χ2n) is 3.65. The van der Waals surface area contributed by atoms with Crippen molar-refractivity contribution in [2.24, 2.45) is 4.99 Å². The van der Waals surface area contributed by atoms with E-state index in [1.54, 1.807) is 0 Å². The molecule has 0 atom stereocenters. The first-order valence-electron chi connectivity index (χ1n) is 5.23. The van der Waals surface area contributed by atoms with Crippen LogP contribution < -0.4 is 0 Å². The molecule has 0 radical (unpaired) electrons. The molecule has 2 rings (SSSR count). The molecule has 0 saturated heterocycles. The lowest BCUT2D eigenvalue weighted by molar-refractivity contribution is 1.40. The third-order valence-corrected chi connectivity index (χ3v) is 3.18. The predicted molar refractivity (Wildman–Crippen MR) is 74.7 cm³/mol. The molecular weight excluding hydrogens is 253 g/mol. The van der Waals surface area contributed by atoms with Crippen LogP contribution >= 0.6 is 23.2 Å². The molecule has 0 unspecified atom stereocenters. The molecule has 2 aromatic carbocycles. The number of rotatable bonds is 2. The van der Waals surface area contributed by atoms with E-state index in [9.17, 15) is 0 Å². The summed E-state index contributed by atoms with van der Waals surface area (Å²) in [5, 5.41) is 1.17. The van der Waals surface area contributed by atoms with Gasteiger partial charge in [-0.25, -0.2) is 4.99 Å². The molecule has 0 N–H and O–H groups in total. The summed E-state index contributed by atoms with van der Waals surface area (Å²) in [4.78, 5) is 4.39. The van der Waals surface area contributed by atoms with Gasteiger partial charge in [-0.1, -0.05) is 59.6 Å². The molecule has 2 aromatic rings. The van der Waals surface area contributed by atoms with Crippen molar-refractivity contribution in [3.05, 3.63) is 64.7 Å². The Morgan fingerprint density at radius 1 is 1.00 bits per heavy atom. The lowest BCUT2D eigenvalue weighted by Gasteiger charge is -2.03. The van der Waals surface area contributed by atoms with Crippen molar-refractivity contribution in [3.8, 4) is 0 Å². The lowest BCUT2D eigenvalue weighted by atomic mass is 10.2. The largest absolute Gasteiger partial charge is 0.236 e. The summed E-state index contributed by atoms with van der Waals surface area (Å²) in [6.07, 6.45) is 0. The van der Waals surface area contributed by atoms with E-state index >= 15 is 0 Å². The van der Waals surface area contributed by atoms with Crippen molar-refractivity contribution >= 4 is 34.1 Å². The molecule has 3 heteroatoms. The monoisotopic (exact) mass is 263 g/mol. The Labute approximate surface area is 111 Å². The molecule has 0 saturated carbocycles. The van der Waals surface area contributed by atoms with E-state index in [0.29, 0.717) is 10.2 Å². The standard InChI is InChI=1S/C14H11Cl2N/c1-10-12(15)8-5-9-13(10)17-14(16)11-6-3-2-4-7-11/h2-9H,1H3. The highest BCUT2D eigenvalue weighted by Crippen LogP contribution is 2.26. The van der Waals surface area contributed by atoms with Gasteiger partial charge >= 0.3 is 0 Å². The highest BCUT2D eigenvalue weighted by atomic mass is 35.5. The normalized spacial score (nSPS) is 11.6. The Bertz CT molecular complexity index is 547. The average Bonchev–Trinajstić information content (AvgIpc) is 2.36. The number of benzene rings is 2. The van der Waals surface area contributed by atoms with Crippen LogP contribution in [0.3, 0.4) is 0 Å². The molecule has 0 spiro atoms. The van der Waals surface area contributed by atoms with Gasteiger partial charge in [0.1, 0.15) is 5.17 Å². The van der Waals surface area contributed by atoms with E-state index in [-0.39, 0.29) is 0 Å². The fraction of sp³-hybridized carbons (Fsp3) is 0.0714. The smallest absolute Gasteiger partial charge is 0.136 e. The number of nitrogens with zero attached hydrogens (tertiary/aromatic N) is 1. The topological polar surface area (TPSA) is 12.4 Å². The maximum atomic E-state index is 6.17. The molecule has 0 fully saturated rings. The van der Waals surface area contributed by atoms with E-state index in [0.717, 1.165) is 16.8 Å². The van der Waals surface area contributed by atoms with Crippen LogP contribution in [0.2, 0.25) is 5.02 Å². The lowest BCUT2D eigenvalue weighted by Crippen LogP contribution is -1.90. The third-order valence-electron chi connectivity index (χ3n) is 2.47. The first-order chi connectivity index (χ1) is 8.18. The van der Waals surface area contributed by atoms with Gasteiger partial charge in [0.2, 0.25) is 0 Å². The first-order valence-corrected chi connectivity index (χ1v) is 5.99. The van der Waals surface area contributed by atoms with Crippen molar-refractivity contribution in [1.29, 1.82) is 0 Å². The number of hydrogen-bond donors (Lipinski definition) is 0. The second kappa shape index (κ2) is 5.35. The van der Waals surface area contributed by atoms with Crippen LogP contribution in [0.15, 0.2) is 53.5 Å². The van der Waals surface area contributed by atoms with Gasteiger partial charge in [0.15, 0.2) is 0 Å². The van der Waals surface area contributed by atoms with E-state index in [2.05, 4.69) is 4.99 Å². The molecule has 0 aromatic heterocycles. The van der Waals surface area contributed by atoms with Crippen molar-refractivity contribution in [2.45, 2.75) is 6.92 Å². The molecule has 86 valence electrons. The van der Waals surface area contributed by atoms with Gasteiger partial charge in [0, 0.05) is 10.6 Å². The van der Waals surface area contributed by atoms with E-state index in [4.69, 9.17) is 23.2 Å². The van der Waals surface area contributed by atoms with Crippen molar-refractivity contribution < 1.29 is 0 Å². The van der Waals surface area contributed by atoms with E-state index in [1.807, 2.05) is 55.5 Å². The van der Waals surface area contributed by atoms with Crippen LogP contribution in [-0.2, 0) is 0 Å². The summed E-state index contributed by atoms with van der Waals surface area (Å²) in [5.74, 6) is 0. The van der Waals surface area contributed by atoms with Gasteiger partial charge in [-0.2, -0.15) is 0 Å². The summed E-state index contributed by atoms with van der Waals surface area (Å²) in [5.41, 5.74) is 2.63. The maximum absolute atomic E-state index is 6.17. The number of halogens is 2. The molecule has 0 amide bonds. The van der Waals surface area contributed by atoms with Crippen LogP contribution in [0.25, 0.3) is 0 Å². The van der Waals surface area contributed by atoms with Gasteiger partial charge in [-0.05, 0) is 24.6 Å². The number of aliphatic imine (C=N–C) groups is 1. The zero-order valence-corrected chi connectivity index (χ0v) is 10.8. The van der Waals surface area contributed by atoms with Crippen LogP contribution in [0, 0.1) is 6.92 Å². The van der Waals surface area contributed by atoms with Crippen LogP contribution in [0.1, 0.15) is 11.1 Å². The molecule has 1 nitrogen and oxygen atoms in total. The summed E-state index contributed by atoms with van der Waals surface area (Å²) in [6.45, 7) is 1.93. The van der Waals surface area contributed by atoms with Gasteiger partial charge in [-0.3, -0.25) is 0 Å². The van der Waals surface area contributed by atoms with Gasteiger partial charge in [0.05, 0.1) is 5.69 Å². The summed E-state index contributed by atoms with van der Waals surface area (Å²) in [6, 6.07) is 15.2. The summed E-state index contributed by atoms with van der Waals surface area (Å²) >= 11 is 12.2. The SMILES string of the molecule is Cc1c(Cl)cccc1N=C(Cl)c1ccccc1. The molecular formula is C14H11Cl2N. The third kappa shape index (κ3) is 2.87. The van der Waals surface area contributed by atoms with Crippen molar-refractivity contribution in [3.63, 3.8) is 0 Å². The van der Waals surface area contributed by atoms with E-state index in [1.165, 1.54) is 0 Å². The molecule has 0 heterocycles. The zero-order valence-electron chi connectivity index (χ0n) is 9.32. The van der Waals surface area contributed by atoms with Crippen LogP contribution in [-0.4, -0.2) is 5.17 Å². The quantitative estimate of drug-likeness (QED) is 0.679. The molecule has 0 aliphatic heterocycles.